The summed E-state index contributed by atoms with van der Waals surface area (Å²) in [5.74, 6) is 0. The summed E-state index contributed by atoms with van der Waals surface area (Å²) in [4.78, 5) is 11.4. The number of nitrogens with two attached hydrogens (primary N) is 1. The Balaban J connectivity index is 2.41. The number of halogens is 3. The third kappa shape index (κ3) is 2.70. The minimum absolute atomic E-state index is 0.343. The lowest BCUT2D eigenvalue weighted by Gasteiger charge is -2.18. The lowest BCUT2D eigenvalue weighted by Crippen LogP contribution is -2.34. The maximum Gasteiger partial charge on any atom is 0.416 e. The van der Waals surface area contributed by atoms with E-state index in [1.54, 1.807) is 0 Å². The molecule has 2 aromatic rings. The van der Waals surface area contributed by atoms with Gasteiger partial charge in [0.2, 0.25) is 0 Å². The van der Waals surface area contributed by atoms with Crippen molar-refractivity contribution in [3.8, 4) is 0 Å². The lowest BCUT2D eigenvalue weighted by molar-refractivity contribution is -0.137. The van der Waals surface area contributed by atoms with Gasteiger partial charge in [-0.05, 0) is 36.6 Å². The van der Waals surface area contributed by atoms with E-state index in [9.17, 15) is 23.2 Å². The summed E-state index contributed by atoms with van der Waals surface area (Å²) in [6, 6.07) is 3.16. The topological polar surface area (TPSA) is 66.6 Å². The Kier molecular flexibility index (Phi) is 3.61. The zero-order valence-corrected chi connectivity index (χ0v) is 11.1. The van der Waals surface area contributed by atoms with Gasteiger partial charge in [-0.15, -0.1) is 11.3 Å². The van der Waals surface area contributed by atoms with Crippen molar-refractivity contribution in [2.45, 2.75) is 19.1 Å². The van der Waals surface area contributed by atoms with Gasteiger partial charge in [-0.1, -0.05) is 0 Å². The van der Waals surface area contributed by atoms with Crippen molar-refractivity contribution in [2.75, 3.05) is 0 Å². The molecule has 3 N–H and O–H groups in total. The van der Waals surface area contributed by atoms with Crippen LogP contribution < -0.4 is 5.73 Å². The van der Waals surface area contributed by atoms with Crippen LogP contribution in [0.15, 0.2) is 24.3 Å². The number of rotatable bonds is 2. The molecule has 8 heteroatoms. The molecule has 1 heterocycles. The summed E-state index contributed by atoms with van der Waals surface area (Å²) in [6.45, 7) is 1.53. The minimum atomic E-state index is -4.40. The van der Waals surface area contributed by atoms with E-state index in [4.69, 9.17) is 5.73 Å². The van der Waals surface area contributed by atoms with E-state index < -0.39 is 23.8 Å². The molecule has 0 radical (unpaired) electrons. The molecule has 2 rings (SSSR count). The third-order valence-corrected chi connectivity index (χ3v) is 4.15. The van der Waals surface area contributed by atoms with Crippen LogP contribution in [0, 0.1) is 0 Å². The van der Waals surface area contributed by atoms with Gasteiger partial charge < -0.3 is 5.73 Å². The van der Waals surface area contributed by atoms with Crippen molar-refractivity contribution in [2.24, 2.45) is 5.73 Å². The number of fused-ring (bicyclic) bond motifs is 1. The number of thiophene rings is 1. The Morgan fingerprint density at radius 3 is 2.60 bits per heavy atom. The molecular formula is C12H11F3N2O2S. The molecule has 0 spiro atoms. The van der Waals surface area contributed by atoms with E-state index in [1.165, 1.54) is 30.4 Å². The zero-order valence-electron chi connectivity index (χ0n) is 10.3. The van der Waals surface area contributed by atoms with E-state index in [1.807, 2.05) is 0 Å². The van der Waals surface area contributed by atoms with E-state index in [0.29, 0.717) is 20.0 Å². The summed E-state index contributed by atoms with van der Waals surface area (Å²) in [5, 5.41) is 10.2. The maximum absolute atomic E-state index is 12.6. The molecule has 2 amide bonds. The SMILES string of the molecule is CC(c1cc2cc(C(F)(F)F)ccc2s1)N(O)C(N)=O. The Hall–Kier alpha value is -1.80. The Morgan fingerprint density at radius 1 is 1.40 bits per heavy atom. The molecule has 108 valence electrons. The third-order valence-electron chi connectivity index (χ3n) is 2.87. The number of benzene rings is 1. The van der Waals surface area contributed by atoms with E-state index in [2.05, 4.69) is 0 Å². The Bertz CT molecular complexity index is 654. The summed E-state index contributed by atoms with van der Waals surface area (Å²) >= 11 is 1.19. The van der Waals surface area contributed by atoms with Crippen LogP contribution in [0.25, 0.3) is 10.1 Å². The van der Waals surface area contributed by atoms with Crippen LogP contribution in [-0.2, 0) is 6.18 Å². The predicted molar refractivity (Wildman–Crippen MR) is 68.5 cm³/mol. The van der Waals surface area contributed by atoms with E-state index in [0.717, 1.165) is 12.1 Å². The number of carbonyl (C=O) groups is 1. The highest BCUT2D eigenvalue weighted by Crippen LogP contribution is 2.36. The number of hydrogen-bond donors (Lipinski definition) is 2. The summed E-state index contributed by atoms with van der Waals surface area (Å²) in [5.41, 5.74) is 4.20. The van der Waals surface area contributed by atoms with Crippen LogP contribution in [0.2, 0.25) is 0 Å². The van der Waals surface area contributed by atoms with Crippen molar-refractivity contribution in [3.63, 3.8) is 0 Å². The first kappa shape index (κ1) is 14.6. The minimum Gasteiger partial charge on any atom is -0.350 e. The van der Waals surface area contributed by atoms with Gasteiger partial charge in [-0.3, -0.25) is 5.21 Å². The van der Waals surface area contributed by atoms with Gasteiger partial charge in [0.15, 0.2) is 0 Å². The van der Waals surface area contributed by atoms with Crippen LogP contribution in [0.1, 0.15) is 23.4 Å². The Labute approximate surface area is 116 Å². The number of primary amides is 1. The van der Waals surface area contributed by atoms with Gasteiger partial charge in [0.1, 0.15) is 0 Å². The summed E-state index contributed by atoms with van der Waals surface area (Å²) < 4.78 is 38.5. The van der Waals surface area contributed by atoms with Gasteiger partial charge in [0.05, 0.1) is 11.6 Å². The lowest BCUT2D eigenvalue weighted by atomic mass is 10.1. The molecule has 0 aliphatic heterocycles. The van der Waals surface area contributed by atoms with Crippen molar-refractivity contribution in [1.82, 2.24) is 5.06 Å². The van der Waals surface area contributed by atoms with Crippen molar-refractivity contribution in [3.05, 3.63) is 34.7 Å². The van der Waals surface area contributed by atoms with Crippen molar-refractivity contribution >= 4 is 27.5 Å². The van der Waals surface area contributed by atoms with Crippen molar-refractivity contribution in [1.29, 1.82) is 0 Å². The number of hydroxylamine groups is 2. The standard InChI is InChI=1S/C12H11F3N2O2S/c1-6(17(19)11(16)18)10-5-7-4-8(12(13,14)15)2-3-9(7)20-10/h2-6,19H,1H3,(H2,16,18). The van der Waals surface area contributed by atoms with Gasteiger partial charge in [-0.2, -0.15) is 18.2 Å². The van der Waals surface area contributed by atoms with Crippen LogP contribution in [0.4, 0.5) is 18.0 Å². The molecule has 20 heavy (non-hydrogen) atoms. The summed E-state index contributed by atoms with van der Waals surface area (Å²) in [6.07, 6.45) is -4.40. The highest BCUT2D eigenvalue weighted by Gasteiger charge is 2.30. The van der Waals surface area contributed by atoms with Crippen LogP contribution in [0.3, 0.4) is 0 Å². The highest BCUT2D eigenvalue weighted by molar-refractivity contribution is 7.19. The van der Waals surface area contributed by atoms with Crippen molar-refractivity contribution < 1.29 is 23.2 Å². The second kappa shape index (κ2) is 4.95. The molecule has 0 fully saturated rings. The molecule has 1 atom stereocenters. The predicted octanol–water partition coefficient (Wildman–Crippen LogP) is 3.75. The first-order chi connectivity index (χ1) is 9.20. The monoisotopic (exact) mass is 304 g/mol. The van der Waals surface area contributed by atoms with Crippen LogP contribution >= 0.6 is 11.3 Å². The normalized spacial score (nSPS) is 13.4. The number of hydrogen-bond acceptors (Lipinski definition) is 3. The number of urea groups is 1. The fourth-order valence-electron chi connectivity index (χ4n) is 1.76. The van der Waals surface area contributed by atoms with E-state index in [-0.39, 0.29) is 0 Å². The first-order valence-corrected chi connectivity index (χ1v) is 6.40. The molecule has 1 unspecified atom stereocenters. The smallest absolute Gasteiger partial charge is 0.350 e. The molecule has 0 saturated carbocycles. The van der Waals surface area contributed by atoms with Crippen LogP contribution in [0.5, 0.6) is 0 Å². The first-order valence-electron chi connectivity index (χ1n) is 5.58. The van der Waals surface area contributed by atoms with Gasteiger partial charge in [0.25, 0.3) is 0 Å². The number of amides is 2. The zero-order chi connectivity index (χ0) is 15.1. The Morgan fingerprint density at radius 2 is 2.05 bits per heavy atom. The van der Waals surface area contributed by atoms with Gasteiger partial charge >= 0.3 is 12.2 Å². The van der Waals surface area contributed by atoms with Gasteiger partial charge in [-0.25, -0.2) is 4.79 Å². The molecule has 0 bridgehead atoms. The number of carbonyl (C=O) groups excluding carboxylic acids is 1. The summed E-state index contributed by atoms with van der Waals surface area (Å²) in [7, 11) is 0. The molecular weight excluding hydrogens is 293 g/mol. The van der Waals surface area contributed by atoms with Gasteiger partial charge in [0, 0.05) is 9.58 Å². The number of nitrogens with zero attached hydrogens (tertiary/aromatic N) is 1. The fraction of sp³-hybridized carbons (Fsp3) is 0.250. The second-order valence-corrected chi connectivity index (χ2v) is 5.37. The second-order valence-electron chi connectivity index (χ2n) is 4.26. The van der Waals surface area contributed by atoms with E-state index >= 15 is 0 Å². The van der Waals surface area contributed by atoms with Crippen LogP contribution in [-0.4, -0.2) is 16.3 Å². The highest BCUT2D eigenvalue weighted by atomic mass is 32.1. The quantitative estimate of drug-likeness (QED) is 0.655. The molecule has 0 aliphatic rings. The maximum atomic E-state index is 12.6. The fourth-order valence-corrected chi connectivity index (χ4v) is 2.84. The molecule has 0 aliphatic carbocycles. The largest absolute Gasteiger partial charge is 0.416 e. The molecule has 1 aromatic heterocycles. The molecule has 4 nitrogen and oxygen atoms in total. The molecule has 1 aromatic carbocycles. The molecule has 0 saturated heterocycles. The average Bonchev–Trinajstić information content (AvgIpc) is 2.78. The number of alkyl halides is 3. The average molecular weight is 304 g/mol.